The van der Waals surface area contributed by atoms with E-state index in [0.29, 0.717) is 26.0 Å². The number of amides is 1. The van der Waals surface area contributed by atoms with Crippen LogP contribution in [0.25, 0.3) is 0 Å². The Balaban J connectivity index is 1.65. The summed E-state index contributed by atoms with van der Waals surface area (Å²) >= 11 is 0. The average Bonchev–Trinajstić information content (AvgIpc) is 2.51. The average molecular weight is 297 g/mol. The summed E-state index contributed by atoms with van der Waals surface area (Å²) in [5.41, 5.74) is 3.53. The predicted octanol–water partition coefficient (Wildman–Crippen LogP) is 3.78. The zero-order valence-electron chi connectivity index (χ0n) is 13.3. The Labute approximate surface area is 132 Å². The van der Waals surface area contributed by atoms with Crippen LogP contribution in [0.1, 0.15) is 29.5 Å². The number of carbonyl (C=O) groups excluding carboxylic acids is 1. The maximum atomic E-state index is 11.8. The lowest BCUT2D eigenvalue weighted by Gasteiger charge is -2.09. The highest BCUT2D eigenvalue weighted by atomic mass is 16.5. The van der Waals surface area contributed by atoms with E-state index in [1.165, 1.54) is 11.1 Å². The van der Waals surface area contributed by atoms with Gasteiger partial charge in [0.05, 0.1) is 6.61 Å². The Morgan fingerprint density at radius 3 is 2.68 bits per heavy atom. The van der Waals surface area contributed by atoms with Crippen molar-refractivity contribution in [2.75, 3.05) is 6.61 Å². The summed E-state index contributed by atoms with van der Waals surface area (Å²) in [5.74, 6) is 0.927. The summed E-state index contributed by atoms with van der Waals surface area (Å²) in [5, 5.41) is 2.95. The van der Waals surface area contributed by atoms with Crippen LogP contribution in [-0.4, -0.2) is 12.5 Å². The Bertz CT molecular complexity index is 622. The summed E-state index contributed by atoms with van der Waals surface area (Å²) < 4.78 is 5.64. The molecule has 2 aromatic rings. The largest absolute Gasteiger partial charge is 0.494 e. The molecule has 116 valence electrons. The van der Waals surface area contributed by atoms with Crippen LogP contribution in [0.4, 0.5) is 0 Å². The molecule has 2 aromatic carbocycles. The second-order valence-corrected chi connectivity index (χ2v) is 5.47. The molecule has 0 aromatic heterocycles. The highest BCUT2D eigenvalue weighted by Gasteiger charge is 2.03. The molecule has 0 aliphatic carbocycles. The van der Waals surface area contributed by atoms with Gasteiger partial charge < -0.3 is 10.1 Å². The Kier molecular flexibility index (Phi) is 6.01. The number of hydrogen-bond donors (Lipinski definition) is 1. The minimum absolute atomic E-state index is 0.0658. The summed E-state index contributed by atoms with van der Waals surface area (Å²) in [6.45, 7) is 5.23. The molecule has 3 nitrogen and oxygen atoms in total. The quantitative estimate of drug-likeness (QED) is 0.790. The van der Waals surface area contributed by atoms with E-state index >= 15 is 0 Å². The smallest absolute Gasteiger partial charge is 0.220 e. The van der Waals surface area contributed by atoms with Crippen molar-refractivity contribution in [3.8, 4) is 5.75 Å². The van der Waals surface area contributed by atoms with Crippen molar-refractivity contribution in [1.29, 1.82) is 0 Å². The van der Waals surface area contributed by atoms with E-state index in [2.05, 4.69) is 18.3 Å². The molecule has 0 unspecified atom stereocenters. The van der Waals surface area contributed by atoms with Gasteiger partial charge in [0.25, 0.3) is 0 Å². The van der Waals surface area contributed by atoms with Crippen molar-refractivity contribution in [1.82, 2.24) is 5.32 Å². The molecule has 0 radical (unpaired) electrons. The lowest BCUT2D eigenvalue weighted by Crippen LogP contribution is -2.23. The van der Waals surface area contributed by atoms with Crippen LogP contribution in [0.3, 0.4) is 0 Å². The zero-order valence-corrected chi connectivity index (χ0v) is 13.3. The molecule has 22 heavy (non-hydrogen) atoms. The van der Waals surface area contributed by atoms with Gasteiger partial charge in [-0.3, -0.25) is 4.79 Å². The fourth-order valence-electron chi connectivity index (χ4n) is 2.22. The van der Waals surface area contributed by atoms with E-state index in [0.717, 1.165) is 11.3 Å². The van der Waals surface area contributed by atoms with Crippen LogP contribution in [0.2, 0.25) is 0 Å². The van der Waals surface area contributed by atoms with Crippen LogP contribution in [0.5, 0.6) is 5.75 Å². The molecule has 0 saturated carbocycles. The molecule has 0 fully saturated rings. The van der Waals surface area contributed by atoms with Crippen molar-refractivity contribution in [3.05, 3.63) is 65.2 Å². The van der Waals surface area contributed by atoms with Gasteiger partial charge in [-0.2, -0.15) is 0 Å². The third-order valence-corrected chi connectivity index (χ3v) is 3.54. The lowest BCUT2D eigenvalue weighted by atomic mass is 10.1. The number of nitrogens with one attached hydrogen (secondary N) is 1. The van der Waals surface area contributed by atoms with E-state index < -0.39 is 0 Å². The van der Waals surface area contributed by atoms with Crippen molar-refractivity contribution in [2.24, 2.45) is 0 Å². The highest BCUT2D eigenvalue weighted by molar-refractivity contribution is 5.75. The summed E-state index contributed by atoms with van der Waals surface area (Å²) in [6, 6.07) is 16.0. The van der Waals surface area contributed by atoms with Gasteiger partial charge in [0, 0.05) is 13.0 Å². The van der Waals surface area contributed by atoms with Crippen LogP contribution in [0.15, 0.2) is 48.5 Å². The van der Waals surface area contributed by atoms with E-state index in [9.17, 15) is 4.79 Å². The Morgan fingerprint density at radius 2 is 1.91 bits per heavy atom. The molecule has 0 spiro atoms. The topological polar surface area (TPSA) is 38.3 Å². The normalized spacial score (nSPS) is 10.3. The molecule has 2 rings (SSSR count). The van der Waals surface area contributed by atoms with E-state index in [1.54, 1.807) is 0 Å². The van der Waals surface area contributed by atoms with E-state index in [1.807, 2.05) is 49.4 Å². The molecule has 0 heterocycles. The molecule has 1 N–H and O–H groups in total. The number of ether oxygens (including phenoxy) is 1. The van der Waals surface area contributed by atoms with Gasteiger partial charge in [-0.05, 0) is 49.1 Å². The second kappa shape index (κ2) is 8.23. The van der Waals surface area contributed by atoms with Gasteiger partial charge in [-0.1, -0.05) is 36.4 Å². The molecule has 1 amide bonds. The molecule has 0 aliphatic rings. The van der Waals surface area contributed by atoms with Crippen LogP contribution >= 0.6 is 0 Å². The van der Waals surface area contributed by atoms with Gasteiger partial charge in [0.15, 0.2) is 0 Å². The van der Waals surface area contributed by atoms with Crippen LogP contribution in [0, 0.1) is 13.8 Å². The Morgan fingerprint density at radius 1 is 1.09 bits per heavy atom. The van der Waals surface area contributed by atoms with E-state index in [-0.39, 0.29) is 5.91 Å². The van der Waals surface area contributed by atoms with Gasteiger partial charge >= 0.3 is 0 Å². The first-order valence-electron chi connectivity index (χ1n) is 7.66. The van der Waals surface area contributed by atoms with Crippen molar-refractivity contribution >= 4 is 5.91 Å². The minimum Gasteiger partial charge on any atom is -0.494 e. The molecule has 0 bridgehead atoms. The van der Waals surface area contributed by atoms with Crippen LogP contribution < -0.4 is 10.1 Å². The first-order chi connectivity index (χ1) is 10.6. The first kappa shape index (κ1) is 16.1. The highest BCUT2D eigenvalue weighted by Crippen LogP contribution is 2.12. The molecule has 0 atom stereocenters. The number of benzene rings is 2. The fourth-order valence-corrected chi connectivity index (χ4v) is 2.22. The number of aryl methyl sites for hydroxylation is 2. The third-order valence-electron chi connectivity index (χ3n) is 3.54. The van der Waals surface area contributed by atoms with Crippen molar-refractivity contribution in [2.45, 2.75) is 33.2 Å². The van der Waals surface area contributed by atoms with Crippen LogP contribution in [-0.2, 0) is 11.3 Å². The minimum atomic E-state index is 0.0658. The number of hydrogen-bond acceptors (Lipinski definition) is 2. The molecule has 0 aliphatic heterocycles. The summed E-state index contributed by atoms with van der Waals surface area (Å²) in [6.07, 6.45) is 1.20. The monoisotopic (exact) mass is 297 g/mol. The standard InChI is InChI=1S/C19H23NO2/c1-15-7-5-10-18(13-15)22-12-6-11-19(21)20-14-17-9-4-3-8-16(17)2/h3-5,7-10,13H,6,11-12,14H2,1-2H3,(H,20,21). The van der Waals surface area contributed by atoms with Crippen molar-refractivity contribution in [3.63, 3.8) is 0 Å². The number of carbonyl (C=O) groups is 1. The summed E-state index contributed by atoms with van der Waals surface area (Å²) in [4.78, 5) is 11.8. The predicted molar refractivity (Wildman–Crippen MR) is 88.9 cm³/mol. The molecule has 3 heteroatoms. The summed E-state index contributed by atoms with van der Waals surface area (Å²) in [7, 11) is 0. The van der Waals surface area contributed by atoms with Gasteiger partial charge in [0.2, 0.25) is 5.91 Å². The lowest BCUT2D eigenvalue weighted by molar-refractivity contribution is -0.121. The maximum Gasteiger partial charge on any atom is 0.220 e. The fraction of sp³-hybridized carbons (Fsp3) is 0.316. The molecular weight excluding hydrogens is 274 g/mol. The third kappa shape index (κ3) is 5.24. The first-order valence-corrected chi connectivity index (χ1v) is 7.66. The maximum absolute atomic E-state index is 11.8. The van der Waals surface area contributed by atoms with Crippen molar-refractivity contribution < 1.29 is 9.53 Å². The zero-order chi connectivity index (χ0) is 15.8. The number of rotatable bonds is 7. The second-order valence-electron chi connectivity index (χ2n) is 5.47. The van der Waals surface area contributed by atoms with Gasteiger partial charge in [0.1, 0.15) is 5.75 Å². The SMILES string of the molecule is Cc1cccc(OCCCC(=O)NCc2ccccc2C)c1. The van der Waals surface area contributed by atoms with E-state index in [4.69, 9.17) is 4.74 Å². The Hall–Kier alpha value is -2.29. The van der Waals surface area contributed by atoms with Gasteiger partial charge in [-0.15, -0.1) is 0 Å². The molecule has 0 saturated heterocycles. The molecular formula is C19H23NO2. The van der Waals surface area contributed by atoms with Gasteiger partial charge in [-0.25, -0.2) is 0 Å².